The molecule has 21 nitrogen and oxygen atoms in total. The Morgan fingerprint density at radius 2 is 1.54 bits per heavy atom. The van der Waals surface area contributed by atoms with Crippen molar-refractivity contribution in [2.45, 2.75) is 213 Å². The van der Waals surface area contributed by atoms with Crippen molar-refractivity contribution in [2.24, 2.45) is 35.5 Å². The number of anilines is 1. The second kappa shape index (κ2) is 28.7. The van der Waals surface area contributed by atoms with Crippen LogP contribution in [-0.4, -0.2) is 159 Å². The summed E-state index contributed by atoms with van der Waals surface area (Å²) in [4.78, 5) is 80.4. The maximum Gasteiger partial charge on any atom is 0.407 e. The van der Waals surface area contributed by atoms with Gasteiger partial charge >= 0.3 is 12.1 Å². The van der Waals surface area contributed by atoms with Crippen molar-refractivity contribution < 1.29 is 80.9 Å². The molecule has 84 heavy (non-hydrogen) atoms. The van der Waals surface area contributed by atoms with Gasteiger partial charge in [-0.1, -0.05) is 57.8 Å². The number of halogens is 2. The van der Waals surface area contributed by atoms with Gasteiger partial charge in [0, 0.05) is 88.2 Å². The van der Waals surface area contributed by atoms with Crippen molar-refractivity contribution in [1.29, 1.82) is 0 Å². The van der Waals surface area contributed by atoms with Crippen LogP contribution in [0, 0.1) is 35.5 Å². The topological polar surface area (TPSA) is 236 Å². The monoisotopic (exact) mass is 1220 g/mol. The first-order chi connectivity index (χ1) is 39.4. The van der Waals surface area contributed by atoms with Crippen molar-refractivity contribution in [2.75, 3.05) is 46.8 Å². The summed E-state index contributed by atoms with van der Waals surface area (Å²) in [6.45, 7) is 25.6. The number of carbonyl (C=O) groups is 5. The lowest BCUT2D eigenvalue weighted by Gasteiger charge is -2.53. The van der Waals surface area contributed by atoms with E-state index in [0.717, 1.165) is 0 Å². The van der Waals surface area contributed by atoms with E-state index in [2.05, 4.69) is 15.6 Å². The molecule has 0 aliphatic carbocycles. The number of likely N-dealkylation sites (N-methyl/N-ethyl adjacent to an activating group) is 1. The number of ketones is 2. The Morgan fingerprint density at radius 1 is 0.869 bits per heavy atom. The minimum absolute atomic E-state index is 0.0108. The molecule has 6 rings (SSSR count). The average molecular weight is 1220 g/mol. The Balaban J connectivity index is 1.30. The molecule has 1 aromatic carbocycles. The minimum Gasteiger partial charge on any atom is -0.493 e. The number of esters is 1. The highest BCUT2D eigenvalue weighted by Gasteiger charge is 2.56. The van der Waals surface area contributed by atoms with Gasteiger partial charge in [-0.15, -0.1) is 0 Å². The number of nitrogens with zero attached hydrogens (tertiary/aromatic N) is 2. The number of fused-ring (bicyclic) bond motifs is 1. The van der Waals surface area contributed by atoms with Crippen LogP contribution in [0.5, 0.6) is 11.5 Å². The van der Waals surface area contributed by atoms with Gasteiger partial charge in [-0.05, 0) is 106 Å². The molecule has 18 atom stereocenters. The summed E-state index contributed by atoms with van der Waals surface area (Å²) in [6.07, 6.45) is -2.87. The Kier molecular flexibility index (Phi) is 23.5. The predicted octanol–water partition coefficient (Wildman–Crippen LogP) is 10.2. The second-order valence-electron chi connectivity index (χ2n) is 24.5. The molecular weight excluding hydrogens is 1130 g/mol. The summed E-state index contributed by atoms with van der Waals surface area (Å²) < 4.78 is 71.6. The number of hydrogen-bond acceptors (Lipinski definition) is 19. The first-order valence-corrected chi connectivity index (χ1v) is 30.0. The zero-order valence-corrected chi connectivity index (χ0v) is 53.8. The Bertz CT molecular complexity index is 2600. The van der Waals surface area contributed by atoms with Crippen molar-refractivity contribution in [3.63, 3.8) is 0 Å². The molecular formula is C61H92Cl2N4O17. The molecule has 472 valence electrons. The first-order valence-electron chi connectivity index (χ1n) is 29.3. The van der Waals surface area contributed by atoms with Crippen LogP contribution in [0.1, 0.15) is 146 Å². The van der Waals surface area contributed by atoms with Crippen LogP contribution in [-0.2, 0) is 61.9 Å². The molecule has 5 heterocycles. The Labute approximate surface area is 506 Å². The summed E-state index contributed by atoms with van der Waals surface area (Å²) in [5, 5.41) is 7.64. The van der Waals surface area contributed by atoms with E-state index in [1.54, 1.807) is 52.2 Å². The van der Waals surface area contributed by atoms with Gasteiger partial charge in [-0.3, -0.25) is 24.2 Å². The van der Waals surface area contributed by atoms with Gasteiger partial charge in [-0.25, -0.2) is 4.79 Å². The zero-order chi connectivity index (χ0) is 62.4. The van der Waals surface area contributed by atoms with E-state index >= 15 is 9.59 Å². The number of alkyl carbamates (subject to hydrolysis) is 1. The molecule has 0 saturated carbocycles. The maximum absolute atomic E-state index is 15.3. The molecule has 4 saturated heterocycles. The molecule has 4 fully saturated rings. The molecule has 4 aliphatic heterocycles. The Hall–Kier alpha value is -4.26. The van der Waals surface area contributed by atoms with Crippen molar-refractivity contribution in [3.8, 4) is 11.5 Å². The summed E-state index contributed by atoms with van der Waals surface area (Å²) in [5.74, 6) is -5.96. The zero-order valence-electron chi connectivity index (χ0n) is 52.3. The number of carbonyl (C=O) groups excluding carboxylic acids is 5. The van der Waals surface area contributed by atoms with E-state index in [0.29, 0.717) is 12.2 Å². The van der Waals surface area contributed by atoms with Gasteiger partial charge in [0.15, 0.2) is 35.5 Å². The van der Waals surface area contributed by atoms with E-state index in [9.17, 15) is 14.4 Å². The second-order valence-corrected chi connectivity index (χ2v) is 25.3. The number of amides is 2. The fourth-order valence-electron chi connectivity index (χ4n) is 12.7. The highest BCUT2D eigenvalue weighted by atomic mass is 35.5. The van der Waals surface area contributed by atoms with E-state index < -0.39 is 113 Å². The number of rotatable bonds is 18. The third kappa shape index (κ3) is 15.9. The molecule has 0 unspecified atom stereocenters. The molecule has 1 aromatic heterocycles. The largest absolute Gasteiger partial charge is 0.493 e. The highest BCUT2D eigenvalue weighted by molar-refractivity contribution is 6.39. The number of hydrogen-bond donors (Lipinski definition) is 2. The lowest BCUT2D eigenvalue weighted by molar-refractivity contribution is -0.441. The summed E-state index contributed by atoms with van der Waals surface area (Å²) in [6, 6.07) is 4.40. The lowest BCUT2D eigenvalue weighted by Crippen LogP contribution is -2.65. The fraction of sp³-hybridized carbons (Fsp3) is 0.738. The van der Waals surface area contributed by atoms with Crippen LogP contribution < -0.4 is 20.1 Å². The van der Waals surface area contributed by atoms with Gasteiger partial charge in [-0.2, -0.15) is 5.06 Å². The highest BCUT2D eigenvalue weighted by Crippen LogP contribution is 2.46. The van der Waals surface area contributed by atoms with Crippen molar-refractivity contribution in [3.05, 3.63) is 46.2 Å². The molecule has 4 aliphatic rings. The molecule has 23 heteroatoms. The van der Waals surface area contributed by atoms with Crippen LogP contribution in [0.3, 0.4) is 0 Å². The van der Waals surface area contributed by atoms with Gasteiger partial charge in [0.1, 0.15) is 23.8 Å². The Morgan fingerprint density at radius 3 is 2.15 bits per heavy atom. The smallest absolute Gasteiger partial charge is 0.407 e. The number of ether oxygens (including phenoxy) is 11. The SMILES string of the molecule is CC[C@H]1OC(=O)[C@H](C)[C@@H](O[C@H]2C[C@@](C)(OC)[C@@H](CC(C)=O)[C@H](C)O2)[C@H](C)[C@@H](O[C@@H]2O[C@H](C)C[C@H]3[C@H]2OC(C)(C)ON3C)[C@](C)(OC)C[C@@H](C)C(=O)[C@H](C)[C@@H](C)[C@]1(C)OC(=O)NCCCOc1cc(C(=O)Nc2c(Cl)cncc2Cl)ccc1OC. The van der Waals surface area contributed by atoms with Crippen molar-refractivity contribution >= 4 is 58.4 Å². The van der Waals surface area contributed by atoms with Gasteiger partial charge in [0.05, 0.1) is 77.0 Å². The first kappa shape index (κ1) is 68.8. The van der Waals surface area contributed by atoms with Gasteiger partial charge in [0.2, 0.25) is 0 Å². The van der Waals surface area contributed by atoms with Crippen LogP contribution >= 0.6 is 23.2 Å². The van der Waals surface area contributed by atoms with Crippen molar-refractivity contribution in [1.82, 2.24) is 15.4 Å². The molecule has 2 N–H and O–H groups in total. The molecule has 0 bridgehead atoms. The lowest BCUT2D eigenvalue weighted by atomic mass is 9.71. The number of Topliss-reactive ketones (excluding diaryl/α,β-unsaturated/α-hetero) is 2. The van der Waals surface area contributed by atoms with Crippen LogP contribution in [0.2, 0.25) is 10.0 Å². The molecule has 2 aromatic rings. The van der Waals surface area contributed by atoms with E-state index in [1.165, 1.54) is 32.5 Å². The van der Waals surface area contributed by atoms with E-state index in [-0.39, 0.29) is 102 Å². The van der Waals surface area contributed by atoms with Crippen LogP contribution in [0.25, 0.3) is 0 Å². The number of hydroxylamine groups is 2. The van der Waals surface area contributed by atoms with Gasteiger partial charge in [0.25, 0.3) is 5.91 Å². The molecule has 0 radical (unpaired) electrons. The number of nitrogens with one attached hydrogen (secondary N) is 2. The number of benzene rings is 1. The van der Waals surface area contributed by atoms with Crippen LogP contribution in [0.4, 0.5) is 10.5 Å². The molecule has 2 amide bonds. The fourth-order valence-corrected chi connectivity index (χ4v) is 13.2. The molecule has 0 spiro atoms. The number of aromatic nitrogens is 1. The normalized spacial score (nSPS) is 36.1. The summed E-state index contributed by atoms with van der Waals surface area (Å²) in [5.41, 5.74) is -3.27. The average Bonchev–Trinajstić information content (AvgIpc) is 1.40. The number of methoxy groups -OCH3 is 3. The number of cyclic esters (lactones) is 1. The van der Waals surface area contributed by atoms with Gasteiger partial charge < -0.3 is 67.5 Å². The van der Waals surface area contributed by atoms with E-state index in [4.69, 9.17) is 80.1 Å². The quantitative estimate of drug-likeness (QED) is 0.104. The third-order valence-corrected chi connectivity index (χ3v) is 18.4. The predicted molar refractivity (Wildman–Crippen MR) is 313 cm³/mol. The summed E-state index contributed by atoms with van der Waals surface area (Å²) >= 11 is 12.5. The minimum atomic E-state index is -1.58. The van der Waals surface area contributed by atoms with E-state index in [1.807, 2.05) is 76.3 Å². The summed E-state index contributed by atoms with van der Waals surface area (Å²) in [7, 11) is 6.50. The third-order valence-electron chi connectivity index (χ3n) is 17.9. The maximum atomic E-state index is 15.3. The van der Waals surface area contributed by atoms with Crippen LogP contribution in [0.15, 0.2) is 30.6 Å². The standard InChI is InChI=1S/C61H92Cl2N4O17/c1-19-47-61(14,83-57(72)65-23-20-24-76-46-27-40(21-22-45(46)73-16)54(70)66-49-42(62)30-64-31-43(49)63)38(8)35(5)50(69)32(2)28-60(13,75-18)53(81-56-52-44(26-34(4)77-56)67(15)84-58(10,11)82-52)36(6)51(37(7)55(71)79-47)80-48-29-59(12,74-17)41(25-33(3)68)39(9)78-48/h21-22,27,30-32,34-39,41,44,47-48,51-53,56H,19-20,23-26,28-29H2,1-18H3,(H,65,72)(H,64,66,70)/t32-,34-,35-,36+,37-,38-,39+,41+,44+,47-,48+,51+,52-,53-,56+,59-,60-,61+/m1/s1. The number of pyridine rings is 1.